The summed E-state index contributed by atoms with van der Waals surface area (Å²) in [6, 6.07) is 15.6. The summed E-state index contributed by atoms with van der Waals surface area (Å²) in [6.07, 6.45) is 7.09. The Balaban J connectivity index is 0.00000361. The lowest BCUT2D eigenvalue weighted by atomic mass is 10.1. The molecule has 9 heteroatoms. The molecule has 0 unspecified atom stereocenters. The topological polar surface area (TPSA) is 98.3 Å². The van der Waals surface area contributed by atoms with E-state index in [4.69, 9.17) is 9.47 Å². The van der Waals surface area contributed by atoms with Crippen LogP contribution >= 0.6 is 12.4 Å². The molecule has 0 fully saturated rings. The molecular weight excluding hydrogens is 478 g/mol. The summed E-state index contributed by atoms with van der Waals surface area (Å²) >= 11 is 0. The van der Waals surface area contributed by atoms with E-state index in [-0.39, 0.29) is 24.9 Å². The van der Waals surface area contributed by atoms with Gasteiger partial charge in [-0.1, -0.05) is 18.2 Å². The highest BCUT2D eigenvalue weighted by Crippen LogP contribution is 2.30. The van der Waals surface area contributed by atoms with Gasteiger partial charge in [0.2, 0.25) is 5.91 Å². The van der Waals surface area contributed by atoms with E-state index >= 15 is 0 Å². The highest BCUT2D eigenvalue weighted by Gasteiger charge is 2.08. The fraction of sp³-hybridized carbons (Fsp3) is 0.185. The summed E-state index contributed by atoms with van der Waals surface area (Å²) in [7, 11) is 1.49. The number of nitrogens with one attached hydrogen (secondary N) is 2. The van der Waals surface area contributed by atoms with Crippen molar-refractivity contribution in [1.82, 2.24) is 20.3 Å². The maximum absolute atomic E-state index is 11.5. The molecule has 0 aliphatic heterocycles. The summed E-state index contributed by atoms with van der Waals surface area (Å²) in [6.45, 7) is 4.40. The predicted octanol–water partition coefficient (Wildman–Crippen LogP) is 5.38. The third-order valence-corrected chi connectivity index (χ3v) is 5.21. The van der Waals surface area contributed by atoms with Crippen LogP contribution in [0.5, 0.6) is 11.5 Å². The molecule has 2 N–H and O–H groups in total. The van der Waals surface area contributed by atoms with Crippen molar-refractivity contribution in [3.63, 3.8) is 0 Å². The number of anilines is 2. The summed E-state index contributed by atoms with van der Waals surface area (Å²) in [5.74, 6) is 2.01. The largest absolute Gasteiger partial charge is 0.455 e. The summed E-state index contributed by atoms with van der Waals surface area (Å²) in [4.78, 5) is 24.6. The van der Waals surface area contributed by atoms with E-state index in [1.807, 2.05) is 74.5 Å². The molecule has 0 radical (unpaired) electrons. The number of carbonyl (C=O) groups excluding carboxylic acids is 1. The average Bonchev–Trinajstić information content (AvgIpc) is 2.85. The normalized spacial score (nSPS) is 10.8. The number of pyridine rings is 1. The quantitative estimate of drug-likeness (QED) is 0.315. The number of rotatable bonds is 9. The Kier molecular flexibility index (Phi) is 9.32. The maximum Gasteiger partial charge on any atom is 0.246 e. The van der Waals surface area contributed by atoms with Crippen molar-refractivity contribution in [1.29, 1.82) is 0 Å². The number of halogens is 1. The van der Waals surface area contributed by atoms with E-state index in [0.717, 1.165) is 39.2 Å². The van der Waals surface area contributed by atoms with Gasteiger partial charge in [0.05, 0.1) is 11.7 Å². The van der Waals surface area contributed by atoms with E-state index < -0.39 is 0 Å². The number of nitrogens with zero attached hydrogens (tertiary/aromatic N) is 3. The lowest BCUT2D eigenvalue weighted by Gasteiger charge is -2.12. The fourth-order valence-electron chi connectivity index (χ4n) is 3.45. The van der Waals surface area contributed by atoms with E-state index in [1.54, 1.807) is 12.5 Å². The molecule has 0 bridgehead atoms. The van der Waals surface area contributed by atoms with E-state index in [9.17, 15) is 4.79 Å². The van der Waals surface area contributed by atoms with Crippen LogP contribution < -0.4 is 15.4 Å². The zero-order chi connectivity index (χ0) is 24.6. The van der Waals surface area contributed by atoms with Crippen LogP contribution in [-0.4, -0.2) is 41.1 Å². The highest BCUT2D eigenvalue weighted by atomic mass is 35.5. The number of aromatic nitrogens is 3. The highest BCUT2D eigenvalue weighted by molar-refractivity contribution is 5.92. The minimum absolute atomic E-state index is 0. The summed E-state index contributed by atoms with van der Waals surface area (Å²) in [5.41, 5.74) is 4.62. The Bertz CT molecular complexity index is 1360. The van der Waals surface area contributed by atoms with Gasteiger partial charge >= 0.3 is 0 Å². The van der Waals surface area contributed by atoms with Crippen LogP contribution in [-0.2, 0) is 9.53 Å². The second kappa shape index (κ2) is 12.6. The van der Waals surface area contributed by atoms with Gasteiger partial charge in [0.15, 0.2) is 0 Å². The van der Waals surface area contributed by atoms with Gasteiger partial charge in [0.25, 0.3) is 0 Å². The van der Waals surface area contributed by atoms with Crippen LogP contribution in [0.25, 0.3) is 17.0 Å². The van der Waals surface area contributed by atoms with Crippen LogP contribution in [0.4, 0.5) is 11.5 Å². The molecule has 0 aliphatic rings. The molecule has 2 aromatic carbocycles. The standard InChI is InChI=1S/C27H27N5O3.ClH/c1-18-13-21(8-11-25(18)35-22-9-6-19(2)29-15-22)32-27-23-14-20(7-10-24(23)30-17-31-27)5-4-12-28-26(33)16-34-3;/h4-11,13-15,17H,12,16H2,1-3H3,(H,28,33)(H,30,31,32);1H. The van der Waals surface area contributed by atoms with Gasteiger partial charge in [0, 0.05) is 30.4 Å². The van der Waals surface area contributed by atoms with Crippen molar-refractivity contribution < 1.29 is 14.3 Å². The van der Waals surface area contributed by atoms with Crippen molar-refractivity contribution in [3.8, 4) is 11.5 Å². The maximum atomic E-state index is 11.5. The first-order valence-electron chi connectivity index (χ1n) is 11.2. The Morgan fingerprint density at radius 1 is 1.03 bits per heavy atom. The van der Waals surface area contributed by atoms with Crippen molar-refractivity contribution in [3.05, 3.63) is 84.0 Å². The van der Waals surface area contributed by atoms with Crippen molar-refractivity contribution in [2.24, 2.45) is 0 Å². The van der Waals surface area contributed by atoms with E-state index in [0.29, 0.717) is 18.1 Å². The third kappa shape index (κ3) is 7.00. The lowest BCUT2D eigenvalue weighted by molar-refractivity contribution is -0.124. The first-order chi connectivity index (χ1) is 17.0. The first kappa shape index (κ1) is 26.6. The number of benzene rings is 2. The van der Waals surface area contributed by atoms with Crippen LogP contribution in [0.3, 0.4) is 0 Å². The molecule has 0 aliphatic carbocycles. The molecular formula is C27H28ClN5O3. The SMILES string of the molecule is COCC(=O)NCC=Cc1ccc2ncnc(Nc3ccc(Oc4ccc(C)nc4)c(C)c3)c2c1.Cl. The summed E-state index contributed by atoms with van der Waals surface area (Å²) in [5, 5.41) is 7.05. The molecule has 4 aromatic rings. The number of hydrogen-bond donors (Lipinski definition) is 2. The average molecular weight is 506 g/mol. The van der Waals surface area contributed by atoms with Gasteiger partial charge in [-0.2, -0.15) is 0 Å². The van der Waals surface area contributed by atoms with Crippen LogP contribution in [0.2, 0.25) is 0 Å². The molecule has 8 nitrogen and oxygen atoms in total. The molecule has 2 heterocycles. The van der Waals surface area contributed by atoms with Crippen molar-refractivity contribution in [2.45, 2.75) is 13.8 Å². The molecule has 1 amide bonds. The molecule has 0 saturated heterocycles. The summed E-state index contributed by atoms with van der Waals surface area (Å²) < 4.78 is 10.8. The Morgan fingerprint density at radius 3 is 2.64 bits per heavy atom. The molecule has 0 spiro atoms. The zero-order valence-corrected chi connectivity index (χ0v) is 21.1. The minimum Gasteiger partial charge on any atom is -0.455 e. The fourth-order valence-corrected chi connectivity index (χ4v) is 3.45. The molecule has 0 saturated carbocycles. The van der Waals surface area contributed by atoms with Crippen LogP contribution in [0.15, 0.2) is 67.1 Å². The number of aryl methyl sites for hydroxylation is 2. The lowest BCUT2D eigenvalue weighted by Crippen LogP contribution is -2.26. The van der Waals surface area contributed by atoms with Gasteiger partial charge in [-0.05, 0) is 67.4 Å². The van der Waals surface area contributed by atoms with Gasteiger partial charge in [-0.3, -0.25) is 9.78 Å². The number of fused-ring (bicyclic) bond motifs is 1. The number of ether oxygens (including phenoxy) is 2. The molecule has 36 heavy (non-hydrogen) atoms. The monoisotopic (exact) mass is 505 g/mol. The minimum atomic E-state index is -0.155. The van der Waals surface area contributed by atoms with Gasteiger partial charge in [0.1, 0.15) is 30.3 Å². The van der Waals surface area contributed by atoms with Gasteiger partial charge < -0.3 is 20.1 Å². The van der Waals surface area contributed by atoms with Gasteiger partial charge in [-0.25, -0.2) is 9.97 Å². The van der Waals surface area contributed by atoms with Crippen LogP contribution in [0.1, 0.15) is 16.8 Å². The van der Waals surface area contributed by atoms with Gasteiger partial charge in [-0.15, -0.1) is 12.4 Å². The first-order valence-corrected chi connectivity index (χ1v) is 11.2. The second-order valence-corrected chi connectivity index (χ2v) is 7.98. The van der Waals surface area contributed by atoms with Crippen molar-refractivity contribution in [2.75, 3.05) is 25.6 Å². The number of hydrogen-bond acceptors (Lipinski definition) is 7. The Labute approximate surface area is 216 Å². The molecule has 4 rings (SSSR count). The van der Waals surface area contributed by atoms with E-state index in [2.05, 4.69) is 25.6 Å². The molecule has 2 aromatic heterocycles. The number of carbonyl (C=O) groups is 1. The smallest absolute Gasteiger partial charge is 0.246 e. The second-order valence-electron chi connectivity index (χ2n) is 7.98. The zero-order valence-electron chi connectivity index (χ0n) is 20.3. The molecule has 0 atom stereocenters. The Hall–Kier alpha value is -4.01. The third-order valence-electron chi connectivity index (χ3n) is 5.21. The predicted molar refractivity (Wildman–Crippen MR) is 144 cm³/mol. The van der Waals surface area contributed by atoms with Crippen molar-refractivity contribution >= 4 is 46.8 Å². The Morgan fingerprint density at radius 2 is 1.89 bits per heavy atom. The molecule has 186 valence electrons. The number of amides is 1. The van der Waals surface area contributed by atoms with E-state index in [1.165, 1.54) is 7.11 Å². The number of methoxy groups -OCH3 is 1. The van der Waals surface area contributed by atoms with Crippen LogP contribution in [0, 0.1) is 13.8 Å².